The zero-order valence-electron chi connectivity index (χ0n) is 45.0. The molecule has 8 nitrogen and oxygen atoms in total. The van der Waals surface area contributed by atoms with Crippen LogP contribution in [0.3, 0.4) is 0 Å². The predicted molar refractivity (Wildman–Crippen MR) is 337 cm³/mol. The zero-order chi connectivity index (χ0) is 53.6. The van der Waals surface area contributed by atoms with E-state index in [-0.39, 0.29) is 21.1 Å². The van der Waals surface area contributed by atoms with Gasteiger partial charge in [0, 0.05) is 74.6 Å². The summed E-state index contributed by atoms with van der Waals surface area (Å²) in [6.45, 7) is 23.3. The van der Waals surface area contributed by atoms with Gasteiger partial charge in [-0.3, -0.25) is 0 Å². The Morgan fingerprint density at radius 2 is 0.519 bits per heavy atom. The second-order valence-corrected chi connectivity index (χ2v) is 20.0. The third kappa shape index (κ3) is 11.1. The standard InChI is InChI=1S/C64H65N8S4.Pt/c1-9-69(10-2)61(73)45-29-21-17-25-41(45)57-49-33-35-51(65-49)58(42-26-18-22-30-46(42)62(74)70(11-3)12-4)53-37-39-55(67-53)60(44-28-20-24-32-48(44)64(76)72(15-7)16-8)56-40-38-54(68-56)59(52-36-34-50(57)66-52)43-27-19-23-31-47(43)63(75)71(13-5)14-6;/h17-40H,9-16H2,1-8H3,(H-,65,66,67,68,73,74,75,76);/q-1;+2/p-1. The summed E-state index contributed by atoms with van der Waals surface area (Å²) in [7, 11) is 0. The van der Waals surface area contributed by atoms with Crippen molar-refractivity contribution in [2.75, 3.05) is 52.4 Å². The van der Waals surface area contributed by atoms with E-state index in [0.29, 0.717) is 0 Å². The second-order valence-electron chi connectivity index (χ2n) is 18.5. The van der Waals surface area contributed by atoms with E-state index in [2.05, 4.69) is 221 Å². The molecule has 0 amide bonds. The number of rotatable bonds is 16. The van der Waals surface area contributed by atoms with E-state index >= 15 is 0 Å². The molecule has 3 aromatic heterocycles. The molecule has 2 aliphatic rings. The van der Waals surface area contributed by atoms with Crippen LogP contribution in [0.5, 0.6) is 0 Å². The van der Waals surface area contributed by atoms with Crippen LogP contribution in [0.2, 0.25) is 0 Å². The summed E-state index contributed by atoms with van der Waals surface area (Å²) in [4.78, 5) is 34.6. The topological polar surface area (TPSA) is 66.9 Å². The Morgan fingerprint density at radius 1 is 0.325 bits per heavy atom. The Hall–Kier alpha value is -6.27. The van der Waals surface area contributed by atoms with Gasteiger partial charge < -0.3 is 29.6 Å². The fourth-order valence-electron chi connectivity index (χ4n) is 10.5. The normalized spacial score (nSPS) is 11.5. The Labute approximate surface area is 490 Å². The number of nitrogens with zero attached hydrogens (tertiary/aromatic N) is 8. The van der Waals surface area contributed by atoms with Crippen molar-refractivity contribution in [1.82, 2.24) is 39.5 Å². The molecule has 77 heavy (non-hydrogen) atoms. The summed E-state index contributed by atoms with van der Waals surface area (Å²) in [6.07, 6.45) is 8.44. The first-order valence-electron chi connectivity index (χ1n) is 26.6. The second kappa shape index (κ2) is 25.5. The van der Waals surface area contributed by atoms with Crippen molar-refractivity contribution in [2.24, 2.45) is 0 Å². The molecule has 8 bridgehead atoms. The van der Waals surface area contributed by atoms with Crippen LogP contribution in [0.1, 0.15) is 100 Å². The largest absolute Gasteiger partial charge is 2.00 e. The van der Waals surface area contributed by atoms with E-state index in [0.717, 1.165) is 184 Å². The monoisotopic (exact) mass is 1270 g/mol. The van der Waals surface area contributed by atoms with Gasteiger partial charge in [-0.1, -0.05) is 170 Å². The minimum absolute atomic E-state index is 0. The van der Waals surface area contributed by atoms with Crippen LogP contribution in [-0.4, -0.2) is 102 Å². The van der Waals surface area contributed by atoms with Crippen LogP contribution < -0.4 is 9.97 Å². The van der Waals surface area contributed by atoms with Crippen molar-refractivity contribution < 1.29 is 21.1 Å². The maximum Gasteiger partial charge on any atom is 2.00 e. The molecule has 0 spiro atoms. The number of hydrogen-bond donors (Lipinski definition) is 0. The zero-order valence-corrected chi connectivity index (χ0v) is 50.6. The molecule has 5 heterocycles. The van der Waals surface area contributed by atoms with Crippen molar-refractivity contribution in [2.45, 2.75) is 55.4 Å². The fourth-order valence-corrected chi connectivity index (χ4v) is 12.2. The quantitative estimate of drug-likeness (QED) is 0.0866. The van der Waals surface area contributed by atoms with Crippen LogP contribution in [0, 0.1) is 0 Å². The maximum atomic E-state index is 6.35. The van der Waals surface area contributed by atoms with Gasteiger partial charge >= 0.3 is 21.1 Å². The number of fused-ring (bicyclic) bond motifs is 8. The first kappa shape index (κ1) is 56.9. The van der Waals surface area contributed by atoms with Crippen LogP contribution in [0.4, 0.5) is 0 Å². The molecule has 0 saturated carbocycles. The summed E-state index contributed by atoms with van der Waals surface area (Å²) < 4.78 is 0. The third-order valence-corrected chi connectivity index (χ3v) is 16.4. The molecular weight excluding hydrogens is 1200 g/mol. The van der Waals surface area contributed by atoms with Gasteiger partial charge in [0.05, 0.1) is 22.8 Å². The van der Waals surface area contributed by atoms with E-state index in [9.17, 15) is 0 Å². The Balaban J connectivity index is 0.00000784. The van der Waals surface area contributed by atoms with Crippen LogP contribution in [-0.2, 0) is 21.1 Å². The van der Waals surface area contributed by atoms with Crippen LogP contribution in [0.15, 0.2) is 121 Å². The van der Waals surface area contributed by atoms with Gasteiger partial charge in [0.2, 0.25) is 0 Å². The first-order chi connectivity index (χ1) is 37.0. The molecule has 0 N–H and O–H groups in total. The molecule has 13 heteroatoms. The SMILES string of the molecule is CCN(CC)C(=S)c1ccccc1-c1c2nc(c(-c3ccccc3C(=S)N(CC)CC)c3ccc([n-]3)c(-c3ccccc3C(=S)N(CC)CC)c3nc(c(-c4ccccc4C(=S)N(CC)CC)c4ccc1[n-]4)C=C3)C=C2.[Pt+2]. The minimum atomic E-state index is 0. The molecule has 394 valence electrons. The molecular formula is C64H64N8PtS4. The van der Waals surface area contributed by atoms with Crippen molar-refractivity contribution in [3.63, 3.8) is 0 Å². The summed E-state index contributed by atoms with van der Waals surface area (Å²) in [5.41, 5.74) is 16.9. The molecule has 2 aliphatic heterocycles. The Bertz CT molecular complexity index is 3150. The molecule has 7 aromatic rings. The van der Waals surface area contributed by atoms with Gasteiger partial charge in [0.1, 0.15) is 20.0 Å². The summed E-state index contributed by atoms with van der Waals surface area (Å²) in [5, 5.41) is 0. The molecule has 0 atom stereocenters. The van der Waals surface area contributed by atoms with Gasteiger partial charge in [-0.15, -0.1) is 22.1 Å². The fraction of sp³-hybridized carbons (Fsp3) is 0.250. The predicted octanol–water partition coefficient (Wildman–Crippen LogP) is 14.6. The summed E-state index contributed by atoms with van der Waals surface area (Å²) in [5.74, 6) is 0. The maximum absolute atomic E-state index is 6.35. The van der Waals surface area contributed by atoms with Gasteiger partial charge in [-0.05, 0) is 124 Å². The molecule has 9 rings (SSSR count). The number of aromatic nitrogens is 4. The van der Waals surface area contributed by atoms with Gasteiger partial charge in [0.25, 0.3) is 0 Å². The van der Waals surface area contributed by atoms with Crippen molar-refractivity contribution >= 4 is 115 Å². The number of hydrogen-bond acceptors (Lipinski definition) is 6. The average Bonchev–Trinajstić information content (AvgIpc) is 4.35. The minimum Gasteiger partial charge on any atom is -0.657 e. The molecule has 0 aliphatic carbocycles. The number of thiocarbonyl (C=S) groups is 4. The molecule has 0 fully saturated rings. The molecule has 0 radical (unpaired) electrons. The third-order valence-electron chi connectivity index (χ3n) is 14.5. The van der Waals surface area contributed by atoms with E-state index in [1.807, 2.05) is 0 Å². The molecule has 4 aromatic carbocycles. The van der Waals surface area contributed by atoms with Crippen molar-refractivity contribution in [3.8, 4) is 44.5 Å². The Kier molecular flexibility index (Phi) is 18.8. The number of benzene rings is 4. The first-order valence-corrected chi connectivity index (χ1v) is 28.3. The van der Waals surface area contributed by atoms with E-state index in [1.165, 1.54) is 0 Å². The summed E-state index contributed by atoms with van der Waals surface area (Å²) >= 11 is 25.4. The van der Waals surface area contributed by atoms with E-state index in [1.54, 1.807) is 0 Å². The van der Waals surface area contributed by atoms with Crippen LogP contribution in [0.25, 0.3) is 90.9 Å². The van der Waals surface area contributed by atoms with Crippen molar-refractivity contribution in [3.05, 3.63) is 166 Å². The van der Waals surface area contributed by atoms with Crippen LogP contribution >= 0.6 is 48.9 Å². The molecule has 0 saturated heterocycles. The Morgan fingerprint density at radius 3 is 0.714 bits per heavy atom. The van der Waals surface area contributed by atoms with Gasteiger partial charge in [0.15, 0.2) is 0 Å². The van der Waals surface area contributed by atoms with E-state index < -0.39 is 0 Å². The van der Waals surface area contributed by atoms with E-state index in [4.69, 9.17) is 68.8 Å². The van der Waals surface area contributed by atoms with Crippen molar-refractivity contribution in [1.29, 1.82) is 0 Å². The van der Waals surface area contributed by atoms with Gasteiger partial charge in [-0.25, -0.2) is 9.97 Å². The summed E-state index contributed by atoms with van der Waals surface area (Å²) in [6, 6.07) is 42.0. The molecule has 0 unspecified atom stereocenters. The van der Waals surface area contributed by atoms with Gasteiger partial charge in [-0.2, -0.15) is 0 Å². The average molecular weight is 1270 g/mol. The smallest absolute Gasteiger partial charge is 0.657 e.